The van der Waals surface area contributed by atoms with E-state index in [0.29, 0.717) is 0 Å². The molecule has 0 heterocycles. The summed E-state index contributed by atoms with van der Waals surface area (Å²) >= 11 is 2.81. The second-order valence-corrected chi connectivity index (χ2v) is 4.00. The van der Waals surface area contributed by atoms with Gasteiger partial charge in [0.1, 0.15) is 5.82 Å². The zero-order chi connectivity index (χ0) is 12.5. The van der Waals surface area contributed by atoms with Crippen molar-refractivity contribution in [2.24, 2.45) is 0 Å². The summed E-state index contributed by atoms with van der Waals surface area (Å²) in [6, 6.07) is 1.82. The summed E-state index contributed by atoms with van der Waals surface area (Å²) in [5, 5.41) is 19.4. The number of rotatable bonds is 3. The molecule has 0 aliphatic rings. The monoisotopic (exact) mass is 291 g/mol. The summed E-state index contributed by atoms with van der Waals surface area (Å²) in [4.78, 5) is 20.7. The number of nitro groups is 1. The molecule has 1 rings (SSSR count). The lowest BCUT2D eigenvalue weighted by atomic mass is 9.99. The van der Waals surface area contributed by atoms with Crippen LogP contribution in [-0.2, 0) is 4.79 Å². The molecule has 1 aromatic carbocycles. The lowest BCUT2D eigenvalue weighted by molar-refractivity contribution is -0.385. The zero-order valence-electron chi connectivity index (χ0n) is 8.11. The lowest BCUT2D eigenvalue weighted by Gasteiger charge is -2.08. The topological polar surface area (TPSA) is 80.4 Å². The molecule has 1 N–H and O–H groups in total. The van der Waals surface area contributed by atoms with Gasteiger partial charge in [-0.15, -0.1) is 0 Å². The molecule has 1 unspecified atom stereocenters. The van der Waals surface area contributed by atoms with Gasteiger partial charge in [-0.2, -0.15) is 0 Å². The molecular weight excluding hydrogens is 285 g/mol. The molecule has 0 aliphatic carbocycles. The van der Waals surface area contributed by atoms with Gasteiger partial charge < -0.3 is 5.11 Å². The Morgan fingerprint density at radius 2 is 2.19 bits per heavy atom. The summed E-state index contributed by atoms with van der Waals surface area (Å²) < 4.78 is 13.1. The van der Waals surface area contributed by atoms with E-state index in [2.05, 4.69) is 15.9 Å². The Labute approximate surface area is 98.2 Å². The van der Waals surface area contributed by atoms with Crippen molar-refractivity contribution in [1.29, 1.82) is 0 Å². The van der Waals surface area contributed by atoms with E-state index in [1.807, 2.05) is 0 Å². The summed E-state index contributed by atoms with van der Waals surface area (Å²) in [6.45, 7) is 1.26. The second kappa shape index (κ2) is 4.56. The number of benzene rings is 1. The average molecular weight is 292 g/mol. The van der Waals surface area contributed by atoms with Gasteiger partial charge in [-0.05, 0) is 28.9 Å². The SMILES string of the molecule is CC(C(=O)O)c1cc(F)c(Br)cc1[N+](=O)[O-]. The molecule has 0 aliphatic heterocycles. The third-order valence-corrected chi connectivity index (χ3v) is 2.71. The highest BCUT2D eigenvalue weighted by molar-refractivity contribution is 9.10. The van der Waals surface area contributed by atoms with Crippen LogP contribution in [0.5, 0.6) is 0 Å². The standard InChI is InChI=1S/C9H7BrFNO4/c1-4(9(13)14)5-2-7(11)6(10)3-8(5)12(15)16/h2-4H,1H3,(H,13,14). The number of nitro benzene ring substituents is 1. The van der Waals surface area contributed by atoms with Crippen LogP contribution >= 0.6 is 15.9 Å². The molecule has 0 saturated carbocycles. The third-order valence-electron chi connectivity index (χ3n) is 2.10. The van der Waals surface area contributed by atoms with Gasteiger partial charge in [0.2, 0.25) is 0 Å². The van der Waals surface area contributed by atoms with Crippen molar-refractivity contribution in [1.82, 2.24) is 0 Å². The van der Waals surface area contributed by atoms with E-state index < -0.39 is 28.3 Å². The van der Waals surface area contributed by atoms with Gasteiger partial charge in [0.15, 0.2) is 0 Å². The fourth-order valence-electron chi connectivity index (χ4n) is 1.19. The van der Waals surface area contributed by atoms with Crippen molar-refractivity contribution in [3.63, 3.8) is 0 Å². The summed E-state index contributed by atoms with van der Waals surface area (Å²) in [6.07, 6.45) is 0. The third kappa shape index (κ3) is 2.35. The van der Waals surface area contributed by atoms with Crippen LogP contribution in [0.4, 0.5) is 10.1 Å². The van der Waals surface area contributed by atoms with Crippen molar-refractivity contribution in [2.75, 3.05) is 0 Å². The van der Waals surface area contributed by atoms with Gasteiger partial charge in [-0.1, -0.05) is 0 Å². The van der Waals surface area contributed by atoms with Crippen molar-refractivity contribution in [2.45, 2.75) is 12.8 Å². The van der Waals surface area contributed by atoms with Crippen LogP contribution in [0.25, 0.3) is 0 Å². The minimum absolute atomic E-state index is 0.0689. The number of carbonyl (C=O) groups is 1. The molecular formula is C9H7BrFNO4. The van der Waals surface area contributed by atoms with Gasteiger partial charge in [0, 0.05) is 11.6 Å². The first-order valence-corrected chi connectivity index (χ1v) is 5.00. The fourth-order valence-corrected chi connectivity index (χ4v) is 1.52. The van der Waals surface area contributed by atoms with Crippen molar-refractivity contribution in [3.8, 4) is 0 Å². The number of carboxylic acid groups (broad SMARTS) is 1. The predicted molar refractivity (Wildman–Crippen MR) is 56.8 cm³/mol. The molecule has 5 nitrogen and oxygen atoms in total. The summed E-state index contributed by atoms with van der Waals surface area (Å²) in [5.74, 6) is -3.11. The molecule has 0 bridgehead atoms. The van der Waals surface area contributed by atoms with Crippen molar-refractivity contribution in [3.05, 3.63) is 38.1 Å². The van der Waals surface area contributed by atoms with E-state index in [0.717, 1.165) is 12.1 Å². The Morgan fingerprint density at radius 3 is 2.62 bits per heavy atom. The van der Waals surface area contributed by atoms with Crippen LogP contribution in [0.15, 0.2) is 16.6 Å². The molecule has 7 heteroatoms. The zero-order valence-corrected chi connectivity index (χ0v) is 9.69. The molecule has 1 atom stereocenters. The normalized spacial score (nSPS) is 12.2. The van der Waals surface area contributed by atoms with Gasteiger partial charge in [0.25, 0.3) is 5.69 Å². The molecule has 0 radical (unpaired) electrons. The molecule has 86 valence electrons. The highest BCUT2D eigenvalue weighted by atomic mass is 79.9. The Hall–Kier alpha value is -1.50. The van der Waals surface area contributed by atoms with E-state index in [4.69, 9.17) is 5.11 Å². The lowest BCUT2D eigenvalue weighted by Crippen LogP contribution is -2.10. The molecule has 16 heavy (non-hydrogen) atoms. The van der Waals surface area contributed by atoms with Crippen molar-refractivity contribution >= 4 is 27.6 Å². The molecule has 0 fully saturated rings. The predicted octanol–water partition coefficient (Wildman–Crippen LogP) is 2.68. The fraction of sp³-hybridized carbons (Fsp3) is 0.222. The maximum atomic E-state index is 13.2. The van der Waals surface area contributed by atoms with Crippen LogP contribution in [0.2, 0.25) is 0 Å². The van der Waals surface area contributed by atoms with Gasteiger partial charge in [-0.3, -0.25) is 14.9 Å². The van der Waals surface area contributed by atoms with Crippen LogP contribution in [0.3, 0.4) is 0 Å². The van der Waals surface area contributed by atoms with E-state index in [-0.39, 0.29) is 10.0 Å². The number of nitrogens with zero attached hydrogens (tertiary/aromatic N) is 1. The van der Waals surface area contributed by atoms with Crippen LogP contribution in [0, 0.1) is 15.9 Å². The summed E-state index contributed by atoms with van der Waals surface area (Å²) in [5.41, 5.74) is -0.568. The van der Waals surface area contributed by atoms with E-state index in [1.54, 1.807) is 0 Å². The highest BCUT2D eigenvalue weighted by Gasteiger charge is 2.25. The van der Waals surface area contributed by atoms with E-state index in [9.17, 15) is 19.3 Å². The maximum absolute atomic E-state index is 13.2. The minimum atomic E-state index is -1.25. The Bertz CT molecular complexity index is 463. The molecule has 0 saturated heterocycles. The quantitative estimate of drug-likeness (QED) is 0.686. The molecule has 0 spiro atoms. The van der Waals surface area contributed by atoms with Crippen LogP contribution in [0.1, 0.15) is 18.4 Å². The maximum Gasteiger partial charge on any atom is 0.310 e. The van der Waals surface area contributed by atoms with Gasteiger partial charge in [0.05, 0.1) is 15.3 Å². The van der Waals surface area contributed by atoms with Crippen molar-refractivity contribution < 1.29 is 19.2 Å². The Balaban J connectivity index is 3.41. The number of carboxylic acids is 1. The first kappa shape index (κ1) is 12.6. The first-order valence-electron chi connectivity index (χ1n) is 4.20. The largest absolute Gasteiger partial charge is 0.481 e. The molecule has 1 aromatic rings. The number of hydrogen-bond donors (Lipinski definition) is 1. The first-order chi connectivity index (χ1) is 7.34. The molecule has 0 aromatic heterocycles. The van der Waals surface area contributed by atoms with E-state index >= 15 is 0 Å². The highest BCUT2D eigenvalue weighted by Crippen LogP contribution is 2.31. The average Bonchev–Trinajstić information content (AvgIpc) is 2.19. The van der Waals surface area contributed by atoms with Gasteiger partial charge >= 0.3 is 5.97 Å². The Kier molecular flexibility index (Phi) is 3.58. The van der Waals surface area contributed by atoms with E-state index in [1.165, 1.54) is 6.92 Å². The number of hydrogen-bond acceptors (Lipinski definition) is 3. The molecule has 0 amide bonds. The minimum Gasteiger partial charge on any atom is -0.481 e. The van der Waals surface area contributed by atoms with Crippen LogP contribution < -0.4 is 0 Å². The number of halogens is 2. The smallest absolute Gasteiger partial charge is 0.310 e. The summed E-state index contributed by atoms with van der Waals surface area (Å²) in [7, 11) is 0. The van der Waals surface area contributed by atoms with Crippen LogP contribution in [-0.4, -0.2) is 16.0 Å². The Morgan fingerprint density at radius 1 is 1.62 bits per heavy atom. The second-order valence-electron chi connectivity index (χ2n) is 3.14. The van der Waals surface area contributed by atoms with Gasteiger partial charge in [-0.25, -0.2) is 4.39 Å². The number of aliphatic carboxylic acids is 1.